The van der Waals surface area contributed by atoms with Gasteiger partial charge in [0.15, 0.2) is 9.84 Å². The molecule has 0 aliphatic rings. The van der Waals surface area contributed by atoms with E-state index in [9.17, 15) is 8.42 Å². The van der Waals surface area contributed by atoms with Crippen LogP contribution in [0.3, 0.4) is 0 Å². The average molecular weight is 338 g/mol. The van der Waals surface area contributed by atoms with Crippen LogP contribution in [0, 0.1) is 20.8 Å². The van der Waals surface area contributed by atoms with Crippen molar-refractivity contribution < 1.29 is 8.42 Å². The molecule has 1 aromatic carbocycles. The first-order valence-electron chi connectivity index (χ1n) is 7.23. The van der Waals surface area contributed by atoms with Gasteiger partial charge in [-0.1, -0.05) is 17.7 Å². The van der Waals surface area contributed by atoms with E-state index in [4.69, 9.17) is 0 Å². The van der Waals surface area contributed by atoms with Gasteiger partial charge >= 0.3 is 0 Å². The number of hydrogen-bond donors (Lipinski definition) is 1. The summed E-state index contributed by atoms with van der Waals surface area (Å²) in [5, 5.41) is 4.29. The Labute approximate surface area is 136 Å². The summed E-state index contributed by atoms with van der Waals surface area (Å²) in [7, 11) is -3.27. The number of sulfone groups is 1. The molecule has 0 bridgehead atoms. The third kappa shape index (κ3) is 4.38. The lowest BCUT2D eigenvalue weighted by Crippen LogP contribution is -2.32. The lowest BCUT2D eigenvalue weighted by molar-refractivity contribution is 0.553. The van der Waals surface area contributed by atoms with Crippen molar-refractivity contribution in [2.24, 2.45) is 0 Å². The molecule has 0 saturated carbocycles. The van der Waals surface area contributed by atoms with E-state index in [-0.39, 0.29) is 11.8 Å². The van der Waals surface area contributed by atoms with Crippen LogP contribution in [0.15, 0.2) is 29.2 Å². The van der Waals surface area contributed by atoms with Crippen molar-refractivity contribution in [2.45, 2.75) is 45.2 Å². The maximum atomic E-state index is 12.4. The molecule has 0 amide bonds. The number of benzene rings is 1. The Morgan fingerprint density at radius 3 is 2.36 bits per heavy atom. The van der Waals surface area contributed by atoms with Crippen LogP contribution >= 0.6 is 11.3 Å². The Balaban J connectivity index is 1.97. The van der Waals surface area contributed by atoms with Gasteiger partial charge in [0.2, 0.25) is 0 Å². The monoisotopic (exact) mass is 338 g/mol. The van der Waals surface area contributed by atoms with Gasteiger partial charge in [-0.15, -0.1) is 11.3 Å². The molecule has 22 heavy (non-hydrogen) atoms. The molecule has 0 aliphatic heterocycles. The van der Waals surface area contributed by atoms with Crippen molar-refractivity contribution in [3.8, 4) is 0 Å². The summed E-state index contributed by atoms with van der Waals surface area (Å²) in [5.74, 6) is 0.0816. The summed E-state index contributed by atoms with van der Waals surface area (Å²) in [6.07, 6.45) is 0. The van der Waals surface area contributed by atoms with Crippen molar-refractivity contribution in [3.63, 3.8) is 0 Å². The van der Waals surface area contributed by atoms with Gasteiger partial charge < -0.3 is 5.32 Å². The van der Waals surface area contributed by atoms with Crippen LogP contribution in [0.2, 0.25) is 0 Å². The first-order chi connectivity index (χ1) is 10.3. The van der Waals surface area contributed by atoms with Crippen LogP contribution in [-0.4, -0.2) is 25.2 Å². The van der Waals surface area contributed by atoms with Gasteiger partial charge in [0, 0.05) is 17.5 Å². The smallest absolute Gasteiger partial charge is 0.179 e. The molecule has 0 radical (unpaired) electrons. The van der Waals surface area contributed by atoms with Gasteiger partial charge in [0.25, 0.3) is 0 Å². The van der Waals surface area contributed by atoms with E-state index < -0.39 is 9.84 Å². The van der Waals surface area contributed by atoms with Gasteiger partial charge in [0.1, 0.15) is 0 Å². The molecule has 120 valence electrons. The summed E-state index contributed by atoms with van der Waals surface area (Å²) >= 11 is 1.66. The fourth-order valence-corrected chi connectivity index (χ4v) is 4.59. The number of aryl methyl sites for hydroxylation is 3. The van der Waals surface area contributed by atoms with E-state index in [0.29, 0.717) is 11.4 Å². The predicted molar refractivity (Wildman–Crippen MR) is 91.1 cm³/mol. The topological polar surface area (TPSA) is 59.1 Å². The molecule has 1 aromatic heterocycles. The largest absolute Gasteiger partial charge is 0.308 e. The lowest BCUT2D eigenvalue weighted by atomic mass is 10.2. The molecule has 1 unspecified atom stereocenters. The molecule has 4 nitrogen and oxygen atoms in total. The van der Waals surface area contributed by atoms with E-state index >= 15 is 0 Å². The van der Waals surface area contributed by atoms with Crippen molar-refractivity contribution in [2.75, 3.05) is 5.75 Å². The van der Waals surface area contributed by atoms with Crippen molar-refractivity contribution in [1.29, 1.82) is 0 Å². The zero-order chi connectivity index (χ0) is 16.3. The van der Waals surface area contributed by atoms with Gasteiger partial charge in [-0.3, -0.25) is 0 Å². The number of hydrogen-bond acceptors (Lipinski definition) is 5. The third-order valence-electron chi connectivity index (χ3n) is 3.47. The minimum absolute atomic E-state index is 0.0816. The number of nitrogens with one attached hydrogen (secondary N) is 1. The van der Waals surface area contributed by atoms with Crippen molar-refractivity contribution in [3.05, 3.63) is 45.4 Å². The van der Waals surface area contributed by atoms with E-state index in [1.165, 1.54) is 4.88 Å². The second kappa shape index (κ2) is 6.89. The fraction of sp³-hybridized carbons (Fsp3) is 0.438. The second-order valence-corrected chi connectivity index (χ2v) is 9.05. The van der Waals surface area contributed by atoms with Crippen LogP contribution in [0.4, 0.5) is 0 Å². The summed E-state index contributed by atoms with van der Waals surface area (Å²) in [6.45, 7) is 8.45. The Kier molecular flexibility index (Phi) is 5.36. The molecule has 0 aliphatic carbocycles. The summed E-state index contributed by atoms with van der Waals surface area (Å²) in [4.78, 5) is 6.01. The summed E-state index contributed by atoms with van der Waals surface area (Å²) in [5.41, 5.74) is 2.06. The molecule has 2 rings (SSSR count). The maximum Gasteiger partial charge on any atom is 0.179 e. The Morgan fingerprint density at radius 2 is 1.82 bits per heavy atom. The highest BCUT2D eigenvalue weighted by Crippen LogP contribution is 2.17. The average Bonchev–Trinajstić information content (AvgIpc) is 2.74. The quantitative estimate of drug-likeness (QED) is 0.879. The Morgan fingerprint density at radius 1 is 1.18 bits per heavy atom. The molecular weight excluding hydrogens is 316 g/mol. The zero-order valence-corrected chi connectivity index (χ0v) is 15.0. The second-order valence-electron chi connectivity index (χ2n) is 5.61. The zero-order valence-electron chi connectivity index (χ0n) is 13.4. The first-order valence-corrected chi connectivity index (χ1v) is 9.70. The first kappa shape index (κ1) is 17.1. The van der Waals surface area contributed by atoms with E-state index in [2.05, 4.69) is 10.3 Å². The molecule has 1 heterocycles. The number of nitrogens with zero attached hydrogens (tertiary/aromatic N) is 1. The van der Waals surface area contributed by atoms with E-state index in [1.807, 2.05) is 39.8 Å². The molecule has 1 atom stereocenters. The van der Waals surface area contributed by atoms with Crippen molar-refractivity contribution in [1.82, 2.24) is 10.3 Å². The standard InChI is InChI=1S/C16H22N2O2S2/c1-11-5-7-15(8-6-11)22(19,20)10-12(2)17-9-16-13(3)21-14(4)18-16/h5-8,12,17H,9-10H2,1-4H3. The summed E-state index contributed by atoms with van der Waals surface area (Å²) in [6, 6.07) is 6.86. The molecule has 1 N–H and O–H groups in total. The number of rotatable bonds is 6. The van der Waals surface area contributed by atoms with Gasteiger partial charge in [-0.05, 0) is 39.8 Å². The van der Waals surface area contributed by atoms with E-state index in [1.54, 1.807) is 23.5 Å². The van der Waals surface area contributed by atoms with Crippen LogP contribution < -0.4 is 5.32 Å². The Bertz CT molecular complexity index is 734. The van der Waals surface area contributed by atoms with E-state index in [0.717, 1.165) is 16.3 Å². The predicted octanol–water partition coefficient (Wildman–Crippen LogP) is 3.02. The molecule has 2 aromatic rings. The molecule has 0 spiro atoms. The highest BCUT2D eigenvalue weighted by molar-refractivity contribution is 7.91. The highest BCUT2D eigenvalue weighted by Gasteiger charge is 2.18. The third-order valence-corrected chi connectivity index (χ3v) is 6.32. The molecule has 0 fully saturated rings. The van der Waals surface area contributed by atoms with Gasteiger partial charge in [-0.2, -0.15) is 0 Å². The van der Waals surface area contributed by atoms with Crippen LogP contribution in [0.25, 0.3) is 0 Å². The van der Waals surface area contributed by atoms with Gasteiger partial charge in [0.05, 0.1) is 21.3 Å². The normalized spacial score (nSPS) is 13.3. The van der Waals surface area contributed by atoms with Crippen LogP contribution in [0.5, 0.6) is 0 Å². The SMILES string of the molecule is Cc1ccc(S(=O)(=O)CC(C)NCc2nc(C)sc2C)cc1. The molecule has 6 heteroatoms. The Hall–Kier alpha value is -1.24. The molecular formula is C16H22N2O2S2. The van der Waals surface area contributed by atoms with Crippen molar-refractivity contribution >= 4 is 21.2 Å². The minimum Gasteiger partial charge on any atom is -0.308 e. The number of aromatic nitrogens is 1. The van der Waals surface area contributed by atoms with Gasteiger partial charge in [-0.25, -0.2) is 13.4 Å². The fourth-order valence-electron chi connectivity index (χ4n) is 2.24. The molecule has 0 saturated heterocycles. The lowest BCUT2D eigenvalue weighted by Gasteiger charge is -2.14. The highest BCUT2D eigenvalue weighted by atomic mass is 32.2. The van der Waals surface area contributed by atoms with Crippen LogP contribution in [0.1, 0.15) is 28.1 Å². The number of thiazole rings is 1. The van der Waals surface area contributed by atoms with Crippen LogP contribution in [-0.2, 0) is 16.4 Å². The summed E-state index contributed by atoms with van der Waals surface area (Å²) < 4.78 is 24.8. The minimum atomic E-state index is -3.27. The maximum absolute atomic E-state index is 12.4.